The molecule has 4 rings (SSSR count). The number of nitrogens with zero attached hydrogens (tertiary/aromatic N) is 2. The van der Waals surface area contributed by atoms with Gasteiger partial charge in [-0.3, -0.25) is 8.98 Å². The smallest absolute Gasteiger partial charge is 0.303 e. The number of rotatable bonds is 15. The van der Waals surface area contributed by atoms with Crippen molar-refractivity contribution in [3.63, 3.8) is 0 Å². The zero-order chi connectivity index (χ0) is 33.5. The molecule has 2 heterocycles. The van der Waals surface area contributed by atoms with E-state index in [2.05, 4.69) is 79.7 Å². The van der Waals surface area contributed by atoms with Gasteiger partial charge in [-0.15, -0.1) is 0 Å². The van der Waals surface area contributed by atoms with Crippen LogP contribution in [0.4, 0.5) is 11.4 Å². The van der Waals surface area contributed by atoms with Crippen LogP contribution >= 0.6 is 0 Å². The number of methoxy groups -OCH3 is 1. The van der Waals surface area contributed by atoms with Gasteiger partial charge in [0.2, 0.25) is 5.69 Å². The molecule has 0 spiro atoms. The van der Waals surface area contributed by atoms with E-state index in [1.807, 2.05) is 30.4 Å². The molecule has 9 heteroatoms. The minimum atomic E-state index is -3.81. The molecule has 2 aromatic carbocycles. The molecule has 1 N–H and O–H groups in total. The molecule has 0 aliphatic carbocycles. The van der Waals surface area contributed by atoms with Crippen molar-refractivity contribution in [1.29, 1.82) is 0 Å². The Morgan fingerprint density at radius 3 is 2.35 bits per heavy atom. The maximum atomic E-state index is 12.4. The molecule has 8 nitrogen and oxygen atoms in total. The molecule has 0 fully saturated rings. The van der Waals surface area contributed by atoms with Gasteiger partial charge in [-0.2, -0.15) is 13.0 Å². The Morgan fingerprint density at radius 1 is 0.913 bits per heavy atom. The number of fused-ring (bicyclic) bond motifs is 2. The van der Waals surface area contributed by atoms with E-state index in [0.717, 1.165) is 36.3 Å². The fourth-order valence-corrected chi connectivity index (χ4v) is 7.11. The van der Waals surface area contributed by atoms with E-state index in [1.165, 1.54) is 24.1 Å². The molecule has 46 heavy (non-hydrogen) atoms. The highest BCUT2D eigenvalue weighted by molar-refractivity contribution is 7.86. The summed E-state index contributed by atoms with van der Waals surface area (Å²) in [4.78, 5) is 13.2. The highest BCUT2D eigenvalue weighted by Gasteiger charge is 2.44. The predicted octanol–water partition coefficient (Wildman–Crippen LogP) is 7.04. The lowest BCUT2D eigenvalue weighted by Gasteiger charge is -2.26. The fraction of sp³-hybridized carbons (Fsp3) is 0.405. The van der Waals surface area contributed by atoms with Crippen LogP contribution < -0.4 is 4.90 Å². The highest BCUT2D eigenvalue weighted by atomic mass is 32.2. The lowest BCUT2D eigenvalue weighted by atomic mass is 9.81. The topological polar surface area (TPSA) is 96.1 Å². The van der Waals surface area contributed by atoms with Crippen molar-refractivity contribution >= 4 is 33.2 Å². The minimum absolute atomic E-state index is 0.142. The van der Waals surface area contributed by atoms with Crippen LogP contribution in [-0.2, 0) is 34.7 Å². The average molecular weight is 648 g/mol. The first-order chi connectivity index (χ1) is 21.9. The Bertz CT molecular complexity index is 1700. The number of aliphatic carboxylic acids is 1. The van der Waals surface area contributed by atoms with Crippen LogP contribution in [0, 0.1) is 0 Å². The van der Waals surface area contributed by atoms with Crippen LogP contribution in [0.2, 0.25) is 0 Å². The molecule has 0 aromatic heterocycles. The van der Waals surface area contributed by atoms with Gasteiger partial charge in [-0.25, -0.2) is 0 Å². The molecule has 2 aromatic rings. The molecular formula is C37H47N2O6S+. The van der Waals surface area contributed by atoms with E-state index in [0.29, 0.717) is 19.6 Å². The monoisotopic (exact) mass is 647 g/mol. The summed E-state index contributed by atoms with van der Waals surface area (Å²) in [6.07, 6.45) is 17.0. The molecule has 2 aliphatic rings. The van der Waals surface area contributed by atoms with Crippen molar-refractivity contribution in [2.75, 3.05) is 38.8 Å². The third-order valence-corrected chi connectivity index (χ3v) is 10.2. The van der Waals surface area contributed by atoms with Crippen molar-refractivity contribution in [2.45, 2.75) is 69.1 Å². The van der Waals surface area contributed by atoms with Gasteiger partial charge in [0.1, 0.15) is 6.54 Å². The van der Waals surface area contributed by atoms with E-state index in [4.69, 9.17) is 14.0 Å². The Morgan fingerprint density at radius 2 is 1.63 bits per heavy atom. The number of carboxylic acid groups (broad SMARTS) is 1. The number of hydrogen-bond donors (Lipinski definition) is 1. The minimum Gasteiger partial charge on any atom is -0.481 e. The molecule has 246 valence electrons. The van der Waals surface area contributed by atoms with Crippen LogP contribution in [0.5, 0.6) is 0 Å². The summed E-state index contributed by atoms with van der Waals surface area (Å²) in [5.41, 5.74) is 6.06. The number of ether oxygens (including phenoxy) is 1. The Balaban J connectivity index is 1.53. The first-order valence-corrected chi connectivity index (χ1v) is 17.2. The molecular weight excluding hydrogens is 600 g/mol. The number of carbonyl (C=O) groups is 1. The standard InChI is InChI=1S/C37H46N2O6S/c1-36(2)29-17-14-15-18-31(29)38(24-16-10-13-21-35(40)41)33(36)19-11-8-7-9-12-20-34-37(3,4)30-27-28(46(42,43)45-6)22-23-32(30)39(34)25-26-44-5/h7-9,11-12,14-15,17-20,22-23,27H,10,13,16,21,24-26H2,1-6H3/p+1. The first kappa shape index (κ1) is 35.1. The molecule has 0 saturated heterocycles. The van der Waals surface area contributed by atoms with Gasteiger partial charge in [0, 0.05) is 61.0 Å². The van der Waals surface area contributed by atoms with Gasteiger partial charge < -0.3 is 14.7 Å². The molecule has 0 amide bonds. The third-order valence-electron chi connectivity index (χ3n) is 8.91. The summed E-state index contributed by atoms with van der Waals surface area (Å²) >= 11 is 0. The third kappa shape index (κ3) is 7.43. The Labute approximate surface area is 274 Å². The zero-order valence-electron chi connectivity index (χ0n) is 27.8. The van der Waals surface area contributed by atoms with E-state index in [9.17, 15) is 13.2 Å². The second-order valence-corrected chi connectivity index (χ2v) is 14.3. The van der Waals surface area contributed by atoms with Crippen LogP contribution in [0.25, 0.3) is 0 Å². The van der Waals surface area contributed by atoms with Gasteiger partial charge in [-0.1, -0.05) is 62.4 Å². The summed E-state index contributed by atoms with van der Waals surface area (Å²) in [5, 5.41) is 8.97. The lowest BCUT2D eigenvalue weighted by molar-refractivity contribution is -0.438. The maximum Gasteiger partial charge on any atom is 0.303 e. The Hall–Kier alpha value is -3.79. The van der Waals surface area contributed by atoms with E-state index < -0.39 is 21.5 Å². The van der Waals surface area contributed by atoms with E-state index >= 15 is 0 Å². The fourth-order valence-electron chi connectivity index (χ4n) is 6.42. The first-order valence-electron chi connectivity index (χ1n) is 15.8. The number of anilines is 1. The molecule has 0 unspecified atom stereocenters. The van der Waals surface area contributed by atoms with E-state index in [-0.39, 0.29) is 16.7 Å². The highest BCUT2D eigenvalue weighted by Crippen LogP contribution is 2.48. The lowest BCUT2D eigenvalue weighted by Crippen LogP contribution is -2.28. The summed E-state index contributed by atoms with van der Waals surface area (Å²) < 4.78 is 37.3. The molecule has 0 bridgehead atoms. The van der Waals surface area contributed by atoms with Gasteiger partial charge in [-0.05, 0) is 56.5 Å². The normalized spacial score (nSPS) is 18.0. The molecule has 0 saturated carbocycles. The number of carboxylic acids is 1. The molecule has 2 aliphatic heterocycles. The second-order valence-electron chi connectivity index (χ2n) is 12.6. The van der Waals surface area contributed by atoms with Crippen molar-refractivity contribution in [2.24, 2.45) is 0 Å². The van der Waals surface area contributed by atoms with Gasteiger partial charge in [0.25, 0.3) is 10.1 Å². The summed E-state index contributed by atoms with van der Waals surface area (Å²) in [7, 11) is -0.967. The summed E-state index contributed by atoms with van der Waals surface area (Å²) in [6, 6.07) is 13.6. The number of benzene rings is 2. The number of unbranched alkanes of at least 4 members (excludes halogenated alkanes) is 2. The summed E-state index contributed by atoms with van der Waals surface area (Å²) in [5.74, 6) is -0.741. The number of allylic oxidation sites excluding steroid dienone is 8. The molecule has 0 atom stereocenters. The van der Waals surface area contributed by atoms with Crippen LogP contribution in [-0.4, -0.2) is 63.7 Å². The quantitative estimate of drug-likeness (QED) is 0.0959. The SMILES string of the molecule is COCCN1/C(=C/C=C/C=C/C=C/C2=[N+](CCCCCC(=O)O)c3ccccc3C2(C)C)C(C)(C)c2cc(S(=O)(=O)OC)ccc21. The van der Waals surface area contributed by atoms with Crippen molar-refractivity contribution in [3.05, 3.63) is 102 Å². The summed E-state index contributed by atoms with van der Waals surface area (Å²) in [6.45, 7) is 10.7. The van der Waals surface area contributed by atoms with Crippen LogP contribution in [0.15, 0.2) is 95.6 Å². The van der Waals surface area contributed by atoms with Gasteiger partial charge in [0.05, 0.1) is 24.0 Å². The van der Waals surface area contributed by atoms with E-state index in [1.54, 1.807) is 19.2 Å². The largest absolute Gasteiger partial charge is 0.481 e. The zero-order valence-corrected chi connectivity index (χ0v) is 28.6. The van der Waals surface area contributed by atoms with Crippen LogP contribution in [0.1, 0.15) is 64.5 Å². The molecule has 0 radical (unpaired) electrons. The van der Waals surface area contributed by atoms with Crippen LogP contribution in [0.3, 0.4) is 0 Å². The maximum absolute atomic E-state index is 12.4. The van der Waals surface area contributed by atoms with Crippen molar-refractivity contribution in [3.8, 4) is 0 Å². The van der Waals surface area contributed by atoms with Crippen molar-refractivity contribution < 1.29 is 31.8 Å². The van der Waals surface area contributed by atoms with Crippen molar-refractivity contribution in [1.82, 2.24) is 0 Å². The average Bonchev–Trinajstić information content (AvgIpc) is 3.37. The predicted molar refractivity (Wildman–Crippen MR) is 184 cm³/mol. The van der Waals surface area contributed by atoms with Gasteiger partial charge in [0.15, 0.2) is 5.71 Å². The Kier molecular flexibility index (Phi) is 11.2. The van der Waals surface area contributed by atoms with Gasteiger partial charge >= 0.3 is 5.97 Å². The number of para-hydroxylation sites is 1. The second kappa shape index (κ2) is 14.8. The number of hydrogen-bond acceptors (Lipinski definition) is 6.